The normalized spacial score (nSPS) is 10.9. The van der Waals surface area contributed by atoms with Crippen LogP contribution in [0.3, 0.4) is 0 Å². The summed E-state index contributed by atoms with van der Waals surface area (Å²) < 4.78 is 11.1. The number of amides is 1. The van der Waals surface area contributed by atoms with Gasteiger partial charge in [-0.05, 0) is 55.0 Å². The summed E-state index contributed by atoms with van der Waals surface area (Å²) in [5.41, 5.74) is 2.73. The zero-order chi connectivity index (χ0) is 20.4. The average Bonchev–Trinajstić information content (AvgIpc) is 3.14. The molecule has 2 aromatic heterocycles. The summed E-state index contributed by atoms with van der Waals surface area (Å²) in [7, 11) is 1.58. The maximum atomic E-state index is 12.7. The van der Waals surface area contributed by atoms with Crippen molar-refractivity contribution in [3.8, 4) is 17.1 Å². The maximum Gasteiger partial charge on any atom is 0.256 e. The zero-order valence-corrected chi connectivity index (χ0v) is 16.7. The van der Waals surface area contributed by atoms with Crippen LogP contribution >= 0.6 is 11.6 Å². The first kappa shape index (κ1) is 19.0. The Morgan fingerprint density at radius 2 is 1.83 bits per heavy atom. The van der Waals surface area contributed by atoms with E-state index in [4.69, 9.17) is 20.8 Å². The number of aromatic nitrogens is 2. The Balaban J connectivity index is 1.74. The summed E-state index contributed by atoms with van der Waals surface area (Å²) in [4.78, 5) is 21.2. The van der Waals surface area contributed by atoms with E-state index in [0.29, 0.717) is 45.4 Å². The highest BCUT2D eigenvalue weighted by molar-refractivity contribution is 6.30. The lowest BCUT2D eigenvalue weighted by Crippen LogP contribution is -2.13. The Morgan fingerprint density at radius 1 is 1.10 bits per heavy atom. The molecule has 146 valence electrons. The van der Waals surface area contributed by atoms with Gasteiger partial charge in [0.25, 0.3) is 5.91 Å². The molecule has 0 spiro atoms. The minimum absolute atomic E-state index is 0.274. The second-order valence-corrected chi connectivity index (χ2v) is 6.79. The van der Waals surface area contributed by atoms with Gasteiger partial charge < -0.3 is 14.5 Å². The number of nitrogens with one attached hydrogen (secondary N) is 1. The second-order valence-electron chi connectivity index (χ2n) is 6.36. The van der Waals surface area contributed by atoms with Crippen molar-refractivity contribution in [3.05, 3.63) is 71.0 Å². The molecule has 6 nitrogen and oxygen atoms in total. The number of halogens is 1. The molecule has 0 fully saturated rings. The zero-order valence-electron chi connectivity index (χ0n) is 15.9. The van der Waals surface area contributed by atoms with Crippen molar-refractivity contribution in [2.45, 2.75) is 13.3 Å². The van der Waals surface area contributed by atoms with Gasteiger partial charge in [0.15, 0.2) is 0 Å². The predicted molar refractivity (Wildman–Crippen MR) is 113 cm³/mol. The molecule has 29 heavy (non-hydrogen) atoms. The van der Waals surface area contributed by atoms with Crippen molar-refractivity contribution >= 4 is 34.4 Å². The fraction of sp³-hybridized carbons (Fsp3) is 0.136. The van der Waals surface area contributed by atoms with E-state index >= 15 is 0 Å². The topological polar surface area (TPSA) is 77.3 Å². The van der Waals surface area contributed by atoms with Crippen molar-refractivity contribution in [3.63, 3.8) is 0 Å². The van der Waals surface area contributed by atoms with Gasteiger partial charge in [0.1, 0.15) is 23.7 Å². The SMILES string of the molecule is CCc1c(-c2ccc(Cl)cc2)oc2ncnc(NC(=O)c3ccc(OC)cc3)c12. The number of aryl methyl sites for hydroxylation is 1. The Bertz CT molecular complexity index is 1170. The summed E-state index contributed by atoms with van der Waals surface area (Å²) in [6.45, 7) is 2.02. The van der Waals surface area contributed by atoms with E-state index < -0.39 is 0 Å². The van der Waals surface area contributed by atoms with Crippen LogP contribution in [-0.4, -0.2) is 23.0 Å². The summed E-state index contributed by atoms with van der Waals surface area (Å²) in [6, 6.07) is 14.3. The lowest BCUT2D eigenvalue weighted by molar-refractivity contribution is 0.102. The van der Waals surface area contributed by atoms with E-state index in [1.54, 1.807) is 31.4 Å². The van der Waals surface area contributed by atoms with Crippen LogP contribution in [0, 0.1) is 0 Å². The number of hydrogen-bond donors (Lipinski definition) is 1. The van der Waals surface area contributed by atoms with Gasteiger partial charge in [-0.1, -0.05) is 18.5 Å². The molecule has 1 N–H and O–H groups in total. The molecule has 0 aliphatic carbocycles. The Hall–Kier alpha value is -3.38. The van der Waals surface area contributed by atoms with Gasteiger partial charge in [-0.3, -0.25) is 4.79 Å². The molecular weight excluding hydrogens is 390 g/mol. The number of methoxy groups -OCH3 is 1. The fourth-order valence-electron chi connectivity index (χ4n) is 3.18. The molecule has 0 aliphatic rings. The molecule has 2 aromatic carbocycles. The quantitative estimate of drug-likeness (QED) is 0.481. The molecule has 4 rings (SSSR count). The van der Waals surface area contributed by atoms with E-state index in [2.05, 4.69) is 15.3 Å². The molecule has 7 heteroatoms. The first-order valence-corrected chi connectivity index (χ1v) is 9.46. The molecule has 4 aromatic rings. The van der Waals surface area contributed by atoms with Crippen LogP contribution in [0.4, 0.5) is 5.82 Å². The number of fused-ring (bicyclic) bond motifs is 1. The number of carbonyl (C=O) groups excluding carboxylic acids is 1. The molecule has 0 saturated carbocycles. The first-order valence-electron chi connectivity index (χ1n) is 9.08. The number of carbonyl (C=O) groups is 1. The molecule has 0 unspecified atom stereocenters. The van der Waals surface area contributed by atoms with Gasteiger partial charge in [0, 0.05) is 21.7 Å². The van der Waals surface area contributed by atoms with Crippen LogP contribution in [0.25, 0.3) is 22.4 Å². The molecule has 0 bridgehead atoms. The van der Waals surface area contributed by atoms with Gasteiger partial charge in [-0.15, -0.1) is 0 Å². The van der Waals surface area contributed by atoms with E-state index in [1.807, 2.05) is 31.2 Å². The molecule has 2 heterocycles. The van der Waals surface area contributed by atoms with Crippen LogP contribution in [-0.2, 0) is 6.42 Å². The van der Waals surface area contributed by atoms with Crippen LogP contribution in [0.2, 0.25) is 5.02 Å². The molecule has 0 radical (unpaired) electrons. The van der Waals surface area contributed by atoms with Gasteiger partial charge in [0.2, 0.25) is 5.71 Å². The highest BCUT2D eigenvalue weighted by atomic mass is 35.5. The Labute approximate surface area is 172 Å². The minimum Gasteiger partial charge on any atom is -0.497 e. The third-order valence-electron chi connectivity index (χ3n) is 4.63. The number of ether oxygens (including phenoxy) is 1. The Kier molecular flexibility index (Phi) is 5.18. The van der Waals surface area contributed by atoms with E-state index in [9.17, 15) is 4.79 Å². The predicted octanol–water partition coefficient (Wildman–Crippen LogP) is 5.37. The number of rotatable bonds is 5. The average molecular weight is 408 g/mol. The van der Waals surface area contributed by atoms with Gasteiger partial charge in [-0.25, -0.2) is 9.97 Å². The van der Waals surface area contributed by atoms with E-state index in [0.717, 1.165) is 11.1 Å². The molecule has 0 saturated heterocycles. The van der Waals surface area contributed by atoms with Crippen molar-refractivity contribution in [2.75, 3.05) is 12.4 Å². The lowest BCUT2D eigenvalue weighted by Gasteiger charge is -2.07. The third-order valence-corrected chi connectivity index (χ3v) is 4.88. The molecule has 0 aliphatic heterocycles. The third kappa shape index (κ3) is 3.67. The molecule has 1 amide bonds. The van der Waals surface area contributed by atoms with Crippen molar-refractivity contribution in [1.82, 2.24) is 9.97 Å². The number of nitrogens with zero attached hydrogens (tertiary/aromatic N) is 2. The molecule has 0 atom stereocenters. The smallest absolute Gasteiger partial charge is 0.256 e. The number of benzene rings is 2. The van der Waals surface area contributed by atoms with E-state index in [1.165, 1.54) is 6.33 Å². The molecular formula is C22H18ClN3O3. The largest absolute Gasteiger partial charge is 0.497 e. The minimum atomic E-state index is -0.274. The first-order chi connectivity index (χ1) is 14.1. The maximum absolute atomic E-state index is 12.7. The number of anilines is 1. The van der Waals surface area contributed by atoms with Gasteiger partial charge in [0.05, 0.1) is 12.5 Å². The van der Waals surface area contributed by atoms with Crippen LogP contribution in [0.1, 0.15) is 22.8 Å². The summed E-state index contributed by atoms with van der Waals surface area (Å²) in [5.74, 6) is 1.52. The van der Waals surface area contributed by atoms with Crippen molar-refractivity contribution in [2.24, 2.45) is 0 Å². The Morgan fingerprint density at radius 3 is 2.48 bits per heavy atom. The highest BCUT2D eigenvalue weighted by Gasteiger charge is 2.20. The standard InChI is InChI=1S/C22H18ClN3O3/c1-3-17-18-20(26-21(27)14-6-10-16(28-2)11-7-14)24-12-25-22(18)29-19(17)13-4-8-15(23)9-5-13/h4-12H,3H2,1-2H3,(H,24,25,26,27). The number of furan rings is 1. The van der Waals surface area contributed by atoms with Gasteiger partial charge >= 0.3 is 0 Å². The summed E-state index contributed by atoms with van der Waals surface area (Å²) in [5, 5.41) is 4.22. The fourth-order valence-corrected chi connectivity index (χ4v) is 3.31. The van der Waals surface area contributed by atoms with Gasteiger partial charge in [-0.2, -0.15) is 0 Å². The highest BCUT2D eigenvalue weighted by Crippen LogP contribution is 2.36. The van der Waals surface area contributed by atoms with Crippen LogP contribution < -0.4 is 10.1 Å². The second kappa shape index (κ2) is 7.93. The lowest BCUT2D eigenvalue weighted by atomic mass is 10.0. The van der Waals surface area contributed by atoms with Crippen molar-refractivity contribution < 1.29 is 13.9 Å². The number of hydrogen-bond acceptors (Lipinski definition) is 5. The monoisotopic (exact) mass is 407 g/mol. The van der Waals surface area contributed by atoms with Crippen LogP contribution in [0.5, 0.6) is 5.75 Å². The van der Waals surface area contributed by atoms with E-state index in [-0.39, 0.29) is 5.91 Å². The van der Waals surface area contributed by atoms with Crippen molar-refractivity contribution in [1.29, 1.82) is 0 Å². The summed E-state index contributed by atoms with van der Waals surface area (Å²) >= 11 is 6.00. The summed E-state index contributed by atoms with van der Waals surface area (Å²) in [6.07, 6.45) is 2.06. The van der Waals surface area contributed by atoms with Crippen LogP contribution in [0.15, 0.2) is 59.3 Å².